The van der Waals surface area contributed by atoms with E-state index < -0.39 is 0 Å². The molecule has 3 heteroatoms. The van der Waals surface area contributed by atoms with Crippen LogP contribution in [0.5, 0.6) is 0 Å². The van der Waals surface area contributed by atoms with E-state index in [-0.39, 0.29) is 0 Å². The molecule has 3 nitrogen and oxygen atoms in total. The largest absolute Gasteiger partial charge is 0.247 e. The van der Waals surface area contributed by atoms with E-state index in [1.165, 1.54) is 27.3 Å². The maximum absolute atomic E-state index is 5.22. The summed E-state index contributed by atoms with van der Waals surface area (Å²) in [5.74, 6) is 2.97. The van der Waals surface area contributed by atoms with Gasteiger partial charge in [0.05, 0.1) is 16.7 Å². The molecule has 0 atom stereocenters. The molecule has 0 bridgehead atoms. The molecule has 0 saturated heterocycles. The summed E-state index contributed by atoms with van der Waals surface area (Å²) in [6.07, 6.45) is 37.7. The fourth-order valence-corrected chi connectivity index (χ4v) is 6.56. The van der Waals surface area contributed by atoms with Crippen LogP contribution in [0.2, 0.25) is 0 Å². The number of hydrogen-bond donors (Lipinski definition) is 0. The number of aromatic nitrogens is 3. The Morgan fingerprint density at radius 1 is 0.730 bits per heavy atom. The van der Waals surface area contributed by atoms with Gasteiger partial charge in [0.15, 0.2) is 5.82 Å². The topological polar surface area (TPSA) is 38.7 Å². The van der Waals surface area contributed by atoms with Crippen LogP contribution in [0.4, 0.5) is 0 Å². The Bertz CT molecular complexity index is 2580. The summed E-state index contributed by atoms with van der Waals surface area (Å²) < 4.78 is 0. The highest BCUT2D eigenvalue weighted by Gasteiger charge is 2.13. The number of benzene rings is 3. The first-order valence-corrected chi connectivity index (χ1v) is 22.5. The zero-order valence-corrected chi connectivity index (χ0v) is 40.1. The van der Waals surface area contributed by atoms with Crippen molar-refractivity contribution < 1.29 is 0 Å². The Morgan fingerprint density at radius 2 is 1.33 bits per heavy atom. The summed E-state index contributed by atoms with van der Waals surface area (Å²) in [5.41, 5.74) is 12.1. The molecule has 0 saturated carbocycles. The van der Waals surface area contributed by atoms with Gasteiger partial charge in [-0.25, -0.2) is 15.0 Å². The Balaban J connectivity index is 0.000000732. The van der Waals surface area contributed by atoms with Gasteiger partial charge in [0.1, 0.15) is 0 Å². The zero-order valence-electron chi connectivity index (χ0n) is 40.1. The second-order valence-electron chi connectivity index (χ2n) is 14.4. The number of terminal acetylenes is 1. The smallest absolute Gasteiger partial charge is 0.159 e. The minimum Gasteiger partial charge on any atom is -0.247 e. The van der Waals surface area contributed by atoms with Gasteiger partial charge < -0.3 is 0 Å². The lowest BCUT2D eigenvalue weighted by molar-refractivity contribution is 1.10. The van der Waals surface area contributed by atoms with Crippen molar-refractivity contribution in [2.45, 2.75) is 102 Å². The summed E-state index contributed by atoms with van der Waals surface area (Å²) in [6.45, 7) is 30.5. The van der Waals surface area contributed by atoms with Crippen LogP contribution in [-0.4, -0.2) is 15.0 Å². The molecule has 0 radical (unpaired) electrons. The highest BCUT2D eigenvalue weighted by atomic mass is 14.9. The Hall–Kier alpha value is -6.63. The molecule has 2 heterocycles. The number of pyridine rings is 1. The van der Waals surface area contributed by atoms with E-state index in [0.717, 1.165) is 87.2 Å². The predicted octanol–water partition coefficient (Wildman–Crippen LogP) is 15.9. The molecular weight excluding hydrogens is 763 g/mol. The molecule has 326 valence electrons. The fourth-order valence-electron chi connectivity index (χ4n) is 6.56. The van der Waals surface area contributed by atoms with Crippen molar-refractivity contribution in [2.24, 2.45) is 0 Å². The summed E-state index contributed by atoms with van der Waals surface area (Å²) in [4.78, 5) is 14.7. The molecule has 63 heavy (non-hydrogen) atoms. The van der Waals surface area contributed by atoms with Crippen molar-refractivity contribution in [3.05, 3.63) is 185 Å². The number of allylic oxidation sites excluding steroid dienone is 12. The number of aryl methyl sites for hydroxylation is 2. The summed E-state index contributed by atoms with van der Waals surface area (Å²) in [7, 11) is 0. The number of rotatable bonds is 14. The van der Waals surface area contributed by atoms with Crippen LogP contribution in [0, 0.1) is 26.2 Å². The number of nitrogens with zero attached hydrogens (tertiary/aromatic N) is 3. The molecule has 0 amide bonds. The monoisotopic (exact) mass is 834 g/mol. The van der Waals surface area contributed by atoms with E-state index in [1.807, 2.05) is 82.4 Å². The van der Waals surface area contributed by atoms with Crippen LogP contribution in [0.25, 0.3) is 68.8 Å². The van der Waals surface area contributed by atoms with Gasteiger partial charge in [0.2, 0.25) is 0 Å². The van der Waals surface area contributed by atoms with Gasteiger partial charge >= 0.3 is 0 Å². The summed E-state index contributed by atoms with van der Waals surface area (Å²) in [5, 5.41) is 4.52. The quantitative estimate of drug-likeness (QED) is 0.0826. The lowest BCUT2D eigenvalue weighted by Crippen LogP contribution is -2.30. The van der Waals surface area contributed by atoms with Crippen LogP contribution >= 0.6 is 0 Å². The maximum Gasteiger partial charge on any atom is 0.159 e. The first-order valence-electron chi connectivity index (χ1n) is 22.5. The molecule has 5 rings (SSSR count). The molecule has 0 fully saturated rings. The molecule has 0 spiro atoms. The second-order valence-corrected chi connectivity index (χ2v) is 14.4. The molecule has 0 unspecified atom stereocenters. The SMILES string of the molecule is C#CC.C=C(/C=C\CC)/C(C)=C/CC.C=C/C=c1/nc(-c2ccc(-c3ccc(-c4nc(C)cc(/C=C/C=C\C=C/C)n4)cc3)cc2)c2ccc(C)c(/C=C\CC)c2/c1=C/CC.CC. The van der Waals surface area contributed by atoms with Crippen molar-refractivity contribution in [3.63, 3.8) is 0 Å². The molecule has 0 aliphatic rings. The highest BCUT2D eigenvalue weighted by Crippen LogP contribution is 2.31. The number of fused-ring (bicyclic) bond motifs is 1. The van der Waals surface area contributed by atoms with Crippen LogP contribution in [0.1, 0.15) is 111 Å². The minimum atomic E-state index is 0.723. The molecule has 0 N–H and O–H groups in total. The van der Waals surface area contributed by atoms with Crippen LogP contribution < -0.4 is 10.6 Å². The van der Waals surface area contributed by atoms with Gasteiger partial charge in [-0.1, -0.05) is 188 Å². The first-order chi connectivity index (χ1) is 30.6. The van der Waals surface area contributed by atoms with Crippen molar-refractivity contribution in [3.8, 4) is 46.1 Å². The van der Waals surface area contributed by atoms with Crippen molar-refractivity contribution in [1.29, 1.82) is 0 Å². The second kappa shape index (κ2) is 29.6. The normalized spacial score (nSPS) is 12.1. The summed E-state index contributed by atoms with van der Waals surface area (Å²) >= 11 is 0. The van der Waals surface area contributed by atoms with E-state index in [9.17, 15) is 0 Å². The Kier molecular flexibility index (Phi) is 24.7. The van der Waals surface area contributed by atoms with Crippen molar-refractivity contribution in [2.75, 3.05) is 0 Å². The third-order valence-corrected chi connectivity index (χ3v) is 9.57. The molecular formula is C60H71N3. The standard InChI is InChI=1S/C44H43N3.C11H18.C3H4.C2H6/c1-7-11-13-14-15-18-37-30-32(6)45-44(46-37)36-27-23-34(24-28-36)33-21-25-35(26-22-33)43-40-29-20-31(5)38(19-12-8-2)42(40)39(16-9-3)41(47-43)17-10-4;1-5-7-9-11(4)10(3)8-6-2;1-3-2;1-2/h7,10-30H,4,8-9H2,1-3,5-6H3;7-9H,4-6H2,1-3H3;1H,2H3;1-2H3/b11-7-,14-13-,18-15+,19-12-,39-16+,41-17+;9-7-,10-8+;;. The average molecular weight is 834 g/mol. The highest BCUT2D eigenvalue weighted by molar-refractivity contribution is 6.00. The average Bonchev–Trinajstić information content (AvgIpc) is 3.29. The minimum absolute atomic E-state index is 0.723. The predicted molar refractivity (Wildman–Crippen MR) is 283 cm³/mol. The third-order valence-electron chi connectivity index (χ3n) is 9.57. The van der Waals surface area contributed by atoms with Crippen LogP contribution in [0.15, 0.2) is 152 Å². The van der Waals surface area contributed by atoms with Gasteiger partial charge in [-0.05, 0) is 112 Å². The third kappa shape index (κ3) is 16.3. The number of hydrogen-bond acceptors (Lipinski definition) is 3. The van der Waals surface area contributed by atoms with Crippen molar-refractivity contribution >= 4 is 35.1 Å². The van der Waals surface area contributed by atoms with Gasteiger partial charge in [-0.15, -0.1) is 12.3 Å². The van der Waals surface area contributed by atoms with Crippen molar-refractivity contribution in [1.82, 2.24) is 15.0 Å². The van der Waals surface area contributed by atoms with Gasteiger partial charge in [0, 0.05) is 32.8 Å². The van der Waals surface area contributed by atoms with E-state index >= 15 is 0 Å². The van der Waals surface area contributed by atoms with Crippen LogP contribution in [0.3, 0.4) is 0 Å². The Labute approximate surface area is 381 Å². The maximum atomic E-state index is 5.22. The van der Waals surface area contributed by atoms with Gasteiger partial charge in [0.25, 0.3) is 0 Å². The molecule has 0 aliphatic carbocycles. The van der Waals surface area contributed by atoms with E-state index in [4.69, 9.17) is 15.0 Å². The van der Waals surface area contributed by atoms with E-state index in [0.29, 0.717) is 0 Å². The van der Waals surface area contributed by atoms with E-state index in [1.54, 1.807) is 6.92 Å². The lowest BCUT2D eigenvalue weighted by Gasteiger charge is -2.13. The lowest BCUT2D eigenvalue weighted by atomic mass is 9.93. The Morgan fingerprint density at radius 3 is 1.90 bits per heavy atom. The van der Waals surface area contributed by atoms with Gasteiger partial charge in [-0.3, -0.25) is 0 Å². The summed E-state index contributed by atoms with van der Waals surface area (Å²) in [6, 6.07) is 23.6. The van der Waals surface area contributed by atoms with Crippen LogP contribution in [-0.2, 0) is 0 Å². The fraction of sp³-hybridized carbons (Fsp3) is 0.250. The molecule has 3 aromatic carbocycles. The van der Waals surface area contributed by atoms with Gasteiger partial charge in [-0.2, -0.15) is 0 Å². The van der Waals surface area contributed by atoms with E-state index in [2.05, 4.69) is 164 Å². The zero-order chi connectivity index (χ0) is 46.6. The molecule has 0 aliphatic heterocycles. The molecule has 5 aromatic rings. The first kappa shape index (κ1) is 52.5. The molecule has 2 aromatic heterocycles.